The Morgan fingerprint density at radius 2 is 1.64 bits per heavy atom. The van der Waals surface area contributed by atoms with Gasteiger partial charge in [-0.15, -0.1) is 0 Å². The number of aryl methyl sites for hydroxylation is 1. The number of urea groups is 1. The molecule has 0 aliphatic rings. The highest BCUT2D eigenvalue weighted by atomic mass is 35.5. The van der Waals surface area contributed by atoms with Gasteiger partial charge in [-0.1, -0.05) is 43.9 Å². The van der Waals surface area contributed by atoms with Gasteiger partial charge in [0.1, 0.15) is 0 Å². The van der Waals surface area contributed by atoms with Crippen molar-refractivity contribution < 1.29 is 13.2 Å². The van der Waals surface area contributed by atoms with Crippen LogP contribution in [0.1, 0.15) is 5.56 Å². The first-order chi connectivity index (χ1) is 13.2. The number of anilines is 1. The lowest BCUT2D eigenvalue weighted by Crippen LogP contribution is -2.35. The average Bonchev–Trinajstić information content (AvgIpc) is 2.62. The van der Waals surface area contributed by atoms with Crippen LogP contribution in [0.3, 0.4) is 0 Å². The molecule has 3 aromatic carbocycles. The van der Waals surface area contributed by atoms with Crippen LogP contribution in [0.2, 0.25) is 10.0 Å². The quantitative estimate of drug-likeness (QED) is 0.550. The van der Waals surface area contributed by atoms with Crippen LogP contribution in [0.15, 0.2) is 53.4 Å². The molecule has 28 heavy (non-hydrogen) atoms. The van der Waals surface area contributed by atoms with Gasteiger partial charge >= 0.3 is 6.03 Å². The van der Waals surface area contributed by atoms with Gasteiger partial charge in [-0.2, -0.15) is 0 Å². The fraction of sp³-hybridized carbons (Fsp3) is 0.105. The molecule has 3 aromatic rings. The molecule has 0 aliphatic carbocycles. The van der Waals surface area contributed by atoms with Crippen molar-refractivity contribution in [2.24, 2.45) is 0 Å². The first kappa shape index (κ1) is 20.9. The highest BCUT2D eigenvalue weighted by molar-refractivity contribution is 7.90. The van der Waals surface area contributed by atoms with Crippen molar-refractivity contribution in [3.05, 3.63) is 64.1 Å². The molecule has 2 amide bonds. The molecule has 0 aliphatic heterocycles. The Morgan fingerprint density at radius 3 is 2.36 bits per heavy atom. The van der Waals surface area contributed by atoms with Crippen molar-refractivity contribution in [1.82, 2.24) is 4.72 Å². The number of halogens is 2. The number of fused-ring (bicyclic) bond motifs is 1. The fourth-order valence-electron chi connectivity index (χ4n) is 2.79. The summed E-state index contributed by atoms with van der Waals surface area (Å²) in [5.74, 6) is 0. The molecular formula is C19H17Cl2N2O3PS. The molecule has 146 valence electrons. The van der Waals surface area contributed by atoms with Crippen molar-refractivity contribution in [1.29, 1.82) is 0 Å². The summed E-state index contributed by atoms with van der Waals surface area (Å²) in [6, 6.07) is 12.3. The van der Waals surface area contributed by atoms with E-state index in [1.807, 2.05) is 6.66 Å². The number of carbonyl (C=O) groups excluding carboxylic acids is 1. The van der Waals surface area contributed by atoms with E-state index in [4.69, 9.17) is 23.2 Å². The maximum atomic E-state index is 12.6. The number of amides is 2. The van der Waals surface area contributed by atoms with Crippen LogP contribution in [0.5, 0.6) is 0 Å². The van der Waals surface area contributed by atoms with E-state index in [0.717, 1.165) is 16.3 Å². The number of hydrogen-bond donors (Lipinski definition) is 2. The van der Waals surface area contributed by atoms with Gasteiger partial charge in [0, 0.05) is 10.0 Å². The summed E-state index contributed by atoms with van der Waals surface area (Å²) in [5, 5.41) is 6.12. The summed E-state index contributed by atoms with van der Waals surface area (Å²) in [5.41, 5.74) is 1.32. The zero-order valence-electron chi connectivity index (χ0n) is 15.0. The van der Waals surface area contributed by atoms with Crippen LogP contribution in [0, 0.1) is 6.92 Å². The van der Waals surface area contributed by atoms with Crippen LogP contribution < -0.4 is 15.3 Å². The predicted octanol–water partition coefficient (Wildman–Crippen LogP) is 4.90. The zero-order valence-corrected chi connectivity index (χ0v) is 18.3. The Kier molecular flexibility index (Phi) is 6.15. The van der Waals surface area contributed by atoms with Crippen LogP contribution in [-0.2, 0) is 10.0 Å². The predicted molar refractivity (Wildman–Crippen MR) is 118 cm³/mol. The second-order valence-electron chi connectivity index (χ2n) is 6.11. The van der Waals surface area contributed by atoms with Crippen LogP contribution >= 0.6 is 31.8 Å². The summed E-state index contributed by atoms with van der Waals surface area (Å²) in [6.07, 6.45) is 0. The van der Waals surface area contributed by atoms with Gasteiger partial charge in [-0.25, -0.2) is 17.9 Å². The highest BCUT2D eigenvalue weighted by Crippen LogP contribution is 2.24. The lowest BCUT2D eigenvalue weighted by atomic mass is 10.1. The maximum Gasteiger partial charge on any atom is 0.333 e. The third-order valence-corrected chi connectivity index (χ3v) is 6.83. The standard InChI is InChI=1S/C19H17Cl2N2O3PS/c1-11-7-15(21)10-17(27-2)18(11)22-19(24)23-28(25,26)16-6-4-12-8-14(20)5-3-13(12)9-16/h3-10,27H,1-2H3,(H2,22,23,24). The normalized spacial score (nSPS) is 11.9. The SMILES string of the molecule is CPc1cc(Cl)cc(C)c1NC(=O)NS(=O)(=O)c1ccc2cc(Cl)ccc2c1. The third kappa shape index (κ3) is 4.58. The van der Waals surface area contributed by atoms with Crippen molar-refractivity contribution in [2.75, 3.05) is 12.0 Å². The Balaban J connectivity index is 1.85. The lowest BCUT2D eigenvalue weighted by molar-refractivity contribution is 0.256. The molecule has 0 bridgehead atoms. The molecule has 0 aromatic heterocycles. The molecule has 5 nitrogen and oxygen atoms in total. The molecule has 2 N–H and O–H groups in total. The van der Waals surface area contributed by atoms with E-state index in [2.05, 4.69) is 10.0 Å². The van der Waals surface area contributed by atoms with E-state index in [0.29, 0.717) is 29.7 Å². The number of carbonyl (C=O) groups is 1. The molecule has 3 rings (SSSR count). The minimum Gasteiger partial charge on any atom is -0.306 e. The molecule has 1 atom stereocenters. The minimum absolute atomic E-state index is 0.0112. The second-order valence-corrected chi connectivity index (χ2v) is 9.70. The molecule has 0 heterocycles. The molecule has 0 saturated carbocycles. The Bertz CT molecular complexity index is 1180. The zero-order chi connectivity index (χ0) is 20.5. The number of hydrogen-bond acceptors (Lipinski definition) is 3. The van der Waals surface area contributed by atoms with E-state index in [-0.39, 0.29) is 4.90 Å². The molecule has 0 radical (unpaired) electrons. The van der Waals surface area contributed by atoms with Crippen LogP contribution in [0.4, 0.5) is 10.5 Å². The van der Waals surface area contributed by atoms with E-state index < -0.39 is 16.1 Å². The molecule has 0 fully saturated rings. The van der Waals surface area contributed by atoms with Gasteiger partial charge in [0.2, 0.25) is 0 Å². The lowest BCUT2D eigenvalue weighted by Gasteiger charge is -2.14. The first-order valence-electron chi connectivity index (χ1n) is 8.20. The van der Waals surface area contributed by atoms with Crippen molar-refractivity contribution >= 4 is 69.6 Å². The van der Waals surface area contributed by atoms with Gasteiger partial charge < -0.3 is 5.32 Å². The maximum absolute atomic E-state index is 12.6. The summed E-state index contributed by atoms with van der Waals surface area (Å²) in [7, 11) is -3.66. The number of rotatable bonds is 4. The number of sulfonamides is 1. The minimum atomic E-state index is -4.04. The average molecular weight is 455 g/mol. The van der Waals surface area contributed by atoms with Gasteiger partial charge in [-0.05, 0) is 71.6 Å². The largest absolute Gasteiger partial charge is 0.333 e. The molecule has 1 unspecified atom stereocenters. The van der Waals surface area contributed by atoms with Crippen molar-refractivity contribution in [3.8, 4) is 0 Å². The van der Waals surface area contributed by atoms with Crippen LogP contribution in [-0.4, -0.2) is 21.1 Å². The molecule has 9 heteroatoms. The monoisotopic (exact) mass is 454 g/mol. The van der Waals surface area contributed by atoms with E-state index >= 15 is 0 Å². The fourth-order valence-corrected chi connectivity index (χ4v) is 5.08. The van der Waals surface area contributed by atoms with Crippen molar-refractivity contribution in [3.63, 3.8) is 0 Å². The van der Waals surface area contributed by atoms with Gasteiger partial charge in [-0.3, -0.25) is 0 Å². The highest BCUT2D eigenvalue weighted by Gasteiger charge is 2.19. The summed E-state index contributed by atoms with van der Waals surface area (Å²) >= 11 is 12.0. The summed E-state index contributed by atoms with van der Waals surface area (Å²) < 4.78 is 27.3. The topological polar surface area (TPSA) is 75.3 Å². The third-order valence-electron chi connectivity index (χ3n) is 4.12. The summed E-state index contributed by atoms with van der Waals surface area (Å²) in [4.78, 5) is 12.4. The van der Waals surface area contributed by atoms with E-state index in [1.54, 1.807) is 43.3 Å². The Morgan fingerprint density at radius 1 is 0.964 bits per heavy atom. The molecule has 0 saturated heterocycles. The van der Waals surface area contributed by atoms with E-state index in [9.17, 15) is 13.2 Å². The van der Waals surface area contributed by atoms with E-state index in [1.165, 1.54) is 12.1 Å². The smallest absolute Gasteiger partial charge is 0.306 e. The number of nitrogens with one attached hydrogen (secondary N) is 2. The first-order valence-corrected chi connectivity index (χ1v) is 11.9. The molecular weight excluding hydrogens is 438 g/mol. The van der Waals surface area contributed by atoms with Crippen molar-refractivity contribution in [2.45, 2.75) is 11.8 Å². The Hall–Kier alpha value is -1.85. The van der Waals surface area contributed by atoms with Gasteiger partial charge in [0.15, 0.2) is 0 Å². The van der Waals surface area contributed by atoms with Gasteiger partial charge in [0.05, 0.1) is 10.6 Å². The molecule has 0 spiro atoms. The van der Waals surface area contributed by atoms with Gasteiger partial charge in [0.25, 0.3) is 10.0 Å². The van der Waals surface area contributed by atoms with Crippen LogP contribution in [0.25, 0.3) is 10.8 Å². The summed E-state index contributed by atoms with van der Waals surface area (Å²) in [6.45, 7) is 3.75. The number of benzene rings is 3. The second kappa shape index (κ2) is 8.26. The Labute approximate surface area is 175 Å².